The molecule has 1 heterocycles. The van der Waals surface area contributed by atoms with Crippen LogP contribution in [0, 0.1) is 0 Å². The molecule has 3 aromatic rings. The van der Waals surface area contributed by atoms with Crippen LogP contribution in [-0.2, 0) is 30.2 Å². The Bertz CT molecular complexity index is 1240. The van der Waals surface area contributed by atoms with Gasteiger partial charge in [-0.05, 0) is 47.0 Å². The van der Waals surface area contributed by atoms with Crippen molar-refractivity contribution in [3.8, 4) is 0 Å². The van der Waals surface area contributed by atoms with E-state index in [2.05, 4.69) is 9.80 Å². The van der Waals surface area contributed by atoms with E-state index in [1.807, 2.05) is 30.3 Å². The van der Waals surface area contributed by atoms with Crippen LogP contribution in [0.15, 0.2) is 72.8 Å². The second-order valence-corrected chi connectivity index (χ2v) is 9.67. The lowest BCUT2D eigenvalue weighted by atomic mass is 10.0. The summed E-state index contributed by atoms with van der Waals surface area (Å²) in [6.07, 6.45) is -9.83. The van der Waals surface area contributed by atoms with E-state index in [9.17, 15) is 31.1 Å². The standard InChI is InChI=1S/C29H28F6N2O3/c30-28(31,32)24-14-21(15-25(16-24)29(33,34)35)18-40-19-26(22-4-2-1-3-5-22)37-12-10-36(11-13-37)17-20-6-8-23(9-7-20)27(38)39/h1-9,14-16,26H,10-13,17-19H2,(H,38,39). The Labute approximate surface area is 227 Å². The van der Waals surface area contributed by atoms with E-state index in [0.29, 0.717) is 44.9 Å². The molecule has 3 aromatic carbocycles. The summed E-state index contributed by atoms with van der Waals surface area (Å²) in [6, 6.07) is 17.4. The van der Waals surface area contributed by atoms with Gasteiger partial charge >= 0.3 is 18.3 Å². The SMILES string of the molecule is O=C(O)c1ccc(CN2CCN(C(COCc3cc(C(F)(F)F)cc(C(F)(F)F)c3)c3ccccc3)CC2)cc1. The molecule has 1 saturated heterocycles. The van der Waals surface area contributed by atoms with E-state index < -0.39 is 36.1 Å². The molecule has 214 valence electrons. The number of carboxylic acid groups (broad SMARTS) is 1. The molecule has 0 amide bonds. The zero-order valence-corrected chi connectivity index (χ0v) is 21.4. The maximum atomic E-state index is 13.2. The third-order valence-electron chi connectivity index (χ3n) is 6.83. The number of carboxylic acids is 1. The molecule has 1 atom stereocenters. The molecule has 0 radical (unpaired) electrons. The first-order valence-corrected chi connectivity index (χ1v) is 12.6. The largest absolute Gasteiger partial charge is 0.478 e. The molecule has 11 heteroatoms. The monoisotopic (exact) mass is 566 g/mol. The van der Waals surface area contributed by atoms with Gasteiger partial charge in [0.1, 0.15) is 0 Å². The van der Waals surface area contributed by atoms with Gasteiger partial charge in [0.2, 0.25) is 0 Å². The number of halogens is 6. The van der Waals surface area contributed by atoms with Crippen molar-refractivity contribution in [3.63, 3.8) is 0 Å². The van der Waals surface area contributed by atoms with Gasteiger partial charge in [-0.15, -0.1) is 0 Å². The van der Waals surface area contributed by atoms with Gasteiger partial charge in [-0.2, -0.15) is 26.3 Å². The highest BCUT2D eigenvalue weighted by Gasteiger charge is 2.37. The average molecular weight is 567 g/mol. The maximum absolute atomic E-state index is 13.2. The molecule has 1 N–H and O–H groups in total. The van der Waals surface area contributed by atoms with Gasteiger partial charge in [0.15, 0.2) is 0 Å². The molecule has 0 aliphatic carbocycles. The third kappa shape index (κ3) is 7.83. The lowest BCUT2D eigenvalue weighted by molar-refractivity contribution is -0.143. The van der Waals surface area contributed by atoms with Gasteiger partial charge < -0.3 is 9.84 Å². The van der Waals surface area contributed by atoms with Crippen molar-refractivity contribution in [2.45, 2.75) is 31.5 Å². The minimum atomic E-state index is -4.92. The molecule has 0 spiro atoms. The van der Waals surface area contributed by atoms with Gasteiger partial charge in [0.25, 0.3) is 0 Å². The van der Waals surface area contributed by atoms with Gasteiger partial charge in [-0.25, -0.2) is 4.79 Å². The fourth-order valence-electron chi connectivity index (χ4n) is 4.72. The highest BCUT2D eigenvalue weighted by molar-refractivity contribution is 5.87. The highest BCUT2D eigenvalue weighted by Crippen LogP contribution is 2.36. The van der Waals surface area contributed by atoms with Crippen molar-refractivity contribution in [3.05, 3.63) is 106 Å². The number of carbonyl (C=O) groups is 1. The van der Waals surface area contributed by atoms with Gasteiger partial charge in [-0.3, -0.25) is 9.80 Å². The molecule has 1 aliphatic rings. The molecule has 1 aliphatic heterocycles. The van der Waals surface area contributed by atoms with Gasteiger partial charge in [0, 0.05) is 32.7 Å². The zero-order chi connectivity index (χ0) is 28.9. The minimum Gasteiger partial charge on any atom is -0.478 e. The van der Waals surface area contributed by atoms with Crippen LogP contribution in [0.1, 0.15) is 44.2 Å². The predicted molar refractivity (Wildman–Crippen MR) is 136 cm³/mol. The van der Waals surface area contributed by atoms with Crippen molar-refractivity contribution in [2.24, 2.45) is 0 Å². The fourth-order valence-corrected chi connectivity index (χ4v) is 4.72. The summed E-state index contributed by atoms with van der Waals surface area (Å²) in [6.45, 7) is 3.09. The number of ether oxygens (including phenoxy) is 1. The third-order valence-corrected chi connectivity index (χ3v) is 6.83. The molecule has 0 aromatic heterocycles. The Morgan fingerprint density at radius 3 is 1.90 bits per heavy atom. The number of hydrogen-bond donors (Lipinski definition) is 1. The van der Waals surface area contributed by atoms with Crippen molar-refractivity contribution in [2.75, 3.05) is 32.8 Å². The molecule has 5 nitrogen and oxygen atoms in total. The average Bonchev–Trinajstić information content (AvgIpc) is 2.91. The number of benzene rings is 3. The van der Waals surface area contributed by atoms with Crippen LogP contribution >= 0.6 is 0 Å². The van der Waals surface area contributed by atoms with Crippen molar-refractivity contribution in [1.82, 2.24) is 9.80 Å². The van der Waals surface area contributed by atoms with E-state index >= 15 is 0 Å². The van der Waals surface area contributed by atoms with Crippen LogP contribution < -0.4 is 0 Å². The number of aromatic carboxylic acids is 1. The van der Waals surface area contributed by atoms with Crippen LogP contribution in [0.5, 0.6) is 0 Å². The summed E-state index contributed by atoms with van der Waals surface area (Å²) < 4.78 is 85.1. The Hall–Kier alpha value is -3.41. The summed E-state index contributed by atoms with van der Waals surface area (Å²) in [7, 11) is 0. The van der Waals surface area contributed by atoms with Crippen molar-refractivity contribution in [1.29, 1.82) is 0 Å². The van der Waals surface area contributed by atoms with Crippen LogP contribution in [0.2, 0.25) is 0 Å². The maximum Gasteiger partial charge on any atom is 0.416 e. The van der Waals surface area contributed by atoms with Crippen molar-refractivity contribution >= 4 is 5.97 Å². The molecule has 1 unspecified atom stereocenters. The second-order valence-electron chi connectivity index (χ2n) is 9.67. The molecule has 0 saturated carbocycles. The Morgan fingerprint density at radius 1 is 0.800 bits per heavy atom. The normalized spacial score (nSPS) is 16.1. The van der Waals surface area contributed by atoms with Gasteiger partial charge in [-0.1, -0.05) is 42.5 Å². The van der Waals surface area contributed by atoms with E-state index in [4.69, 9.17) is 9.84 Å². The van der Waals surface area contributed by atoms with E-state index in [-0.39, 0.29) is 29.8 Å². The fraction of sp³-hybridized carbons (Fsp3) is 0.345. The molecule has 40 heavy (non-hydrogen) atoms. The molecule has 1 fully saturated rings. The summed E-state index contributed by atoms with van der Waals surface area (Å²) in [5.41, 5.74) is -0.795. The predicted octanol–water partition coefficient (Wildman–Crippen LogP) is 6.50. The molecule has 0 bridgehead atoms. The number of alkyl halides is 6. The number of hydrogen-bond acceptors (Lipinski definition) is 4. The Kier molecular flexibility index (Phi) is 9.17. The second kappa shape index (κ2) is 12.4. The molecular weight excluding hydrogens is 538 g/mol. The van der Waals surface area contributed by atoms with Crippen molar-refractivity contribution < 1.29 is 41.0 Å². The lowest BCUT2D eigenvalue weighted by Crippen LogP contribution is -2.48. The highest BCUT2D eigenvalue weighted by atomic mass is 19.4. The van der Waals surface area contributed by atoms with Crippen LogP contribution in [0.25, 0.3) is 0 Å². The Balaban J connectivity index is 1.41. The quantitative estimate of drug-likeness (QED) is 0.300. The summed E-state index contributed by atoms with van der Waals surface area (Å²) in [5.74, 6) is -0.983. The van der Waals surface area contributed by atoms with E-state index in [1.54, 1.807) is 24.3 Å². The van der Waals surface area contributed by atoms with Gasteiger partial charge in [0.05, 0.1) is 35.9 Å². The number of rotatable bonds is 9. The summed E-state index contributed by atoms with van der Waals surface area (Å²) in [5, 5.41) is 9.07. The van der Waals surface area contributed by atoms with E-state index in [0.717, 1.165) is 11.1 Å². The first-order valence-electron chi connectivity index (χ1n) is 12.6. The smallest absolute Gasteiger partial charge is 0.416 e. The summed E-state index contributed by atoms with van der Waals surface area (Å²) in [4.78, 5) is 15.5. The molecular formula is C29H28F6N2O3. The number of nitrogens with zero attached hydrogens (tertiary/aromatic N) is 2. The topological polar surface area (TPSA) is 53.0 Å². The first-order chi connectivity index (χ1) is 18.9. The van der Waals surface area contributed by atoms with Crippen LogP contribution in [0.4, 0.5) is 26.3 Å². The first kappa shape index (κ1) is 29.6. The van der Waals surface area contributed by atoms with E-state index in [1.165, 1.54) is 0 Å². The molecule has 4 rings (SSSR count). The van der Waals surface area contributed by atoms with Crippen LogP contribution in [0.3, 0.4) is 0 Å². The zero-order valence-electron chi connectivity index (χ0n) is 21.4. The van der Waals surface area contributed by atoms with Crippen LogP contribution in [-0.4, -0.2) is 53.7 Å². The lowest BCUT2D eigenvalue weighted by Gasteiger charge is -2.39. The Morgan fingerprint density at radius 2 is 1.38 bits per heavy atom. The minimum absolute atomic E-state index is 0.0816. The summed E-state index contributed by atoms with van der Waals surface area (Å²) >= 11 is 0. The number of piperazine rings is 1.